The molecule has 0 unspecified atom stereocenters. The lowest BCUT2D eigenvalue weighted by atomic mass is 10.3. The smallest absolute Gasteiger partial charge is 0.151 e. The van der Waals surface area contributed by atoms with Crippen molar-refractivity contribution in [2.24, 2.45) is 5.92 Å². The highest BCUT2D eigenvalue weighted by Crippen LogP contribution is 2.30. The Bertz CT molecular complexity index is 291. The van der Waals surface area contributed by atoms with E-state index in [2.05, 4.69) is 22.0 Å². The molecule has 0 amide bonds. The van der Waals surface area contributed by atoms with E-state index < -0.39 is 0 Å². The van der Waals surface area contributed by atoms with E-state index in [0.717, 1.165) is 24.8 Å². The zero-order chi connectivity index (χ0) is 9.97. The molecular formula is C10H16N4. The van der Waals surface area contributed by atoms with Crippen molar-refractivity contribution in [2.75, 3.05) is 23.7 Å². The van der Waals surface area contributed by atoms with Crippen LogP contribution in [0.25, 0.3) is 0 Å². The second-order valence-corrected chi connectivity index (χ2v) is 3.80. The van der Waals surface area contributed by atoms with Crippen LogP contribution in [0.1, 0.15) is 19.8 Å². The summed E-state index contributed by atoms with van der Waals surface area (Å²) in [5, 5.41) is 7.94. The van der Waals surface area contributed by atoms with Crippen molar-refractivity contribution in [2.45, 2.75) is 19.8 Å². The summed E-state index contributed by atoms with van der Waals surface area (Å²) in [6.45, 7) is 4.23. The second-order valence-electron chi connectivity index (χ2n) is 3.80. The molecule has 0 atom stereocenters. The zero-order valence-corrected chi connectivity index (χ0v) is 8.48. The maximum Gasteiger partial charge on any atom is 0.151 e. The van der Waals surface area contributed by atoms with Crippen LogP contribution < -0.4 is 10.6 Å². The molecule has 76 valence electrons. The Labute approximate surface area is 84.1 Å². The van der Waals surface area contributed by atoms with E-state index in [1.165, 1.54) is 12.8 Å². The molecule has 14 heavy (non-hydrogen) atoms. The topological polar surface area (TPSA) is 55.0 Å². The minimum atomic E-state index is 0.483. The van der Waals surface area contributed by atoms with Crippen LogP contribution in [-0.2, 0) is 0 Å². The van der Waals surface area contributed by atoms with E-state index in [4.69, 9.17) is 5.73 Å². The van der Waals surface area contributed by atoms with Gasteiger partial charge in [0.15, 0.2) is 5.82 Å². The average molecular weight is 192 g/mol. The summed E-state index contributed by atoms with van der Waals surface area (Å²) in [6, 6.07) is 3.74. The van der Waals surface area contributed by atoms with Crippen LogP contribution in [0.5, 0.6) is 0 Å². The predicted molar refractivity (Wildman–Crippen MR) is 57.1 cm³/mol. The molecule has 1 saturated carbocycles. The molecule has 0 bridgehead atoms. The van der Waals surface area contributed by atoms with Gasteiger partial charge in [-0.2, -0.15) is 0 Å². The number of anilines is 2. The Morgan fingerprint density at radius 2 is 2.21 bits per heavy atom. The molecule has 4 nitrogen and oxygen atoms in total. The summed E-state index contributed by atoms with van der Waals surface area (Å²) in [7, 11) is 0. The number of nitrogen functional groups attached to an aromatic ring is 1. The summed E-state index contributed by atoms with van der Waals surface area (Å²) in [6.07, 6.45) is 2.72. The number of rotatable bonds is 4. The molecule has 1 aliphatic rings. The maximum atomic E-state index is 5.49. The minimum Gasteiger partial charge on any atom is -0.382 e. The van der Waals surface area contributed by atoms with Crippen molar-refractivity contribution >= 4 is 11.6 Å². The second kappa shape index (κ2) is 3.82. The van der Waals surface area contributed by atoms with Crippen molar-refractivity contribution in [3.63, 3.8) is 0 Å². The van der Waals surface area contributed by atoms with Gasteiger partial charge in [-0.1, -0.05) is 0 Å². The van der Waals surface area contributed by atoms with Crippen molar-refractivity contribution in [1.29, 1.82) is 0 Å². The fraction of sp³-hybridized carbons (Fsp3) is 0.600. The lowest BCUT2D eigenvalue weighted by Gasteiger charge is -2.20. The molecule has 1 aromatic heterocycles. The average Bonchev–Trinajstić information content (AvgIpc) is 3.00. The van der Waals surface area contributed by atoms with Crippen molar-refractivity contribution in [1.82, 2.24) is 10.2 Å². The molecule has 0 radical (unpaired) electrons. The minimum absolute atomic E-state index is 0.483. The highest BCUT2D eigenvalue weighted by atomic mass is 15.3. The highest BCUT2D eigenvalue weighted by molar-refractivity contribution is 5.41. The van der Waals surface area contributed by atoms with Crippen molar-refractivity contribution < 1.29 is 0 Å². The Kier molecular flexibility index (Phi) is 2.52. The molecule has 0 spiro atoms. The van der Waals surface area contributed by atoms with Crippen LogP contribution in [-0.4, -0.2) is 23.3 Å². The Morgan fingerprint density at radius 1 is 1.43 bits per heavy atom. The van der Waals surface area contributed by atoms with Gasteiger partial charge in [-0.3, -0.25) is 0 Å². The molecule has 1 aliphatic carbocycles. The number of aromatic nitrogens is 2. The molecule has 1 fully saturated rings. The van der Waals surface area contributed by atoms with Gasteiger partial charge in [0, 0.05) is 13.1 Å². The SMILES string of the molecule is CCN(CC1CC1)c1ccc(N)nn1. The third-order valence-corrected chi connectivity index (χ3v) is 2.55. The van der Waals surface area contributed by atoms with Gasteiger partial charge in [0.1, 0.15) is 5.82 Å². The highest BCUT2D eigenvalue weighted by Gasteiger charge is 2.24. The molecule has 1 aromatic rings. The quantitative estimate of drug-likeness (QED) is 0.781. The first-order valence-corrected chi connectivity index (χ1v) is 5.13. The lowest BCUT2D eigenvalue weighted by molar-refractivity contribution is 0.725. The summed E-state index contributed by atoms with van der Waals surface area (Å²) in [4.78, 5) is 2.25. The standard InChI is InChI=1S/C10H16N4/c1-2-14(7-8-3-4-8)10-6-5-9(11)12-13-10/h5-6,8H,2-4,7H2,1H3,(H2,11,12). The van der Waals surface area contributed by atoms with E-state index in [0.29, 0.717) is 5.82 Å². The number of hydrogen-bond donors (Lipinski definition) is 1. The number of nitrogens with two attached hydrogens (primary N) is 1. The van der Waals surface area contributed by atoms with Gasteiger partial charge in [0.25, 0.3) is 0 Å². The fourth-order valence-corrected chi connectivity index (χ4v) is 1.50. The third kappa shape index (κ3) is 2.13. The molecule has 0 aliphatic heterocycles. The van der Waals surface area contributed by atoms with Crippen LogP contribution in [0.2, 0.25) is 0 Å². The Morgan fingerprint density at radius 3 is 2.71 bits per heavy atom. The van der Waals surface area contributed by atoms with E-state index in [-0.39, 0.29) is 0 Å². The van der Waals surface area contributed by atoms with Gasteiger partial charge in [0.2, 0.25) is 0 Å². The van der Waals surface area contributed by atoms with Gasteiger partial charge in [-0.05, 0) is 37.8 Å². The fourth-order valence-electron chi connectivity index (χ4n) is 1.50. The maximum absolute atomic E-state index is 5.49. The van der Waals surface area contributed by atoms with Crippen LogP contribution >= 0.6 is 0 Å². The van der Waals surface area contributed by atoms with E-state index in [1.807, 2.05) is 6.07 Å². The van der Waals surface area contributed by atoms with E-state index in [1.54, 1.807) is 6.07 Å². The largest absolute Gasteiger partial charge is 0.382 e. The van der Waals surface area contributed by atoms with Crippen LogP contribution in [0.4, 0.5) is 11.6 Å². The zero-order valence-electron chi connectivity index (χ0n) is 8.48. The molecular weight excluding hydrogens is 176 g/mol. The summed E-state index contributed by atoms with van der Waals surface area (Å²) >= 11 is 0. The molecule has 2 rings (SSSR count). The Balaban J connectivity index is 2.05. The van der Waals surface area contributed by atoms with Crippen LogP contribution in [0, 0.1) is 5.92 Å². The van der Waals surface area contributed by atoms with Gasteiger partial charge < -0.3 is 10.6 Å². The van der Waals surface area contributed by atoms with Crippen LogP contribution in [0.15, 0.2) is 12.1 Å². The lowest BCUT2D eigenvalue weighted by Crippen LogP contribution is -2.26. The van der Waals surface area contributed by atoms with Gasteiger partial charge >= 0.3 is 0 Å². The number of hydrogen-bond acceptors (Lipinski definition) is 4. The number of nitrogens with zero attached hydrogens (tertiary/aromatic N) is 3. The van der Waals surface area contributed by atoms with E-state index in [9.17, 15) is 0 Å². The Hall–Kier alpha value is -1.32. The third-order valence-electron chi connectivity index (χ3n) is 2.55. The monoisotopic (exact) mass is 192 g/mol. The van der Waals surface area contributed by atoms with E-state index >= 15 is 0 Å². The molecule has 1 heterocycles. The normalized spacial score (nSPS) is 15.5. The van der Waals surface area contributed by atoms with Crippen LogP contribution in [0.3, 0.4) is 0 Å². The van der Waals surface area contributed by atoms with Gasteiger partial charge in [-0.15, -0.1) is 10.2 Å². The summed E-state index contributed by atoms with van der Waals surface area (Å²) in [5.74, 6) is 2.29. The summed E-state index contributed by atoms with van der Waals surface area (Å²) < 4.78 is 0. The first-order chi connectivity index (χ1) is 6.79. The summed E-state index contributed by atoms with van der Waals surface area (Å²) in [5.41, 5.74) is 5.49. The first-order valence-electron chi connectivity index (χ1n) is 5.13. The molecule has 4 heteroatoms. The van der Waals surface area contributed by atoms with Gasteiger partial charge in [-0.25, -0.2) is 0 Å². The van der Waals surface area contributed by atoms with Gasteiger partial charge in [0.05, 0.1) is 0 Å². The van der Waals surface area contributed by atoms with Crippen molar-refractivity contribution in [3.8, 4) is 0 Å². The predicted octanol–water partition coefficient (Wildman–Crippen LogP) is 1.30. The molecule has 2 N–H and O–H groups in total. The first kappa shape index (κ1) is 9.24. The molecule has 0 saturated heterocycles. The molecule has 0 aromatic carbocycles. The van der Waals surface area contributed by atoms with Crippen molar-refractivity contribution in [3.05, 3.63) is 12.1 Å².